The van der Waals surface area contributed by atoms with E-state index < -0.39 is 10.8 Å². The average Bonchev–Trinajstić information content (AvgIpc) is 3.19. The van der Waals surface area contributed by atoms with Gasteiger partial charge in [0, 0.05) is 17.3 Å². The fourth-order valence-electron chi connectivity index (χ4n) is 3.09. The molecule has 7 nitrogen and oxygen atoms in total. The molecule has 0 bridgehead atoms. The molecule has 1 amide bonds. The lowest BCUT2D eigenvalue weighted by molar-refractivity contribution is -0.385. The van der Waals surface area contributed by atoms with Gasteiger partial charge in [-0.1, -0.05) is 19.1 Å². The summed E-state index contributed by atoms with van der Waals surface area (Å²) in [5.74, 6) is -0.0801. The lowest BCUT2D eigenvalue weighted by Crippen LogP contribution is -2.13. The van der Waals surface area contributed by atoms with Gasteiger partial charge < -0.3 is 9.73 Å². The fraction of sp³-hybridized carbons (Fsp3) is 0.0909. The number of nitrogens with one attached hydrogen (secondary N) is 1. The zero-order valence-corrected chi connectivity index (χ0v) is 17.5. The first kappa shape index (κ1) is 19.8. The normalized spacial score (nSPS) is 10.9. The van der Waals surface area contributed by atoms with E-state index in [4.69, 9.17) is 4.42 Å². The molecule has 4 aromatic rings. The summed E-state index contributed by atoms with van der Waals surface area (Å²) in [6.07, 6.45) is 0.894. The number of nitrogens with zero attached hydrogens (tertiary/aromatic N) is 2. The van der Waals surface area contributed by atoms with Crippen LogP contribution in [0.2, 0.25) is 0 Å². The van der Waals surface area contributed by atoms with Crippen LogP contribution in [0.25, 0.3) is 22.6 Å². The number of aryl methyl sites for hydroxylation is 1. The van der Waals surface area contributed by atoms with Crippen LogP contribution in [0.3, 0.4) is 0 Å². The predicted molar refractivity (Wildman–Crippen MR) is 118 cm³/mol. The summed E-state index contributed by atoms with van der Waals surface area (Å²) in [6.45, 7) is 2.08. The predicted octanol–water partition coefficient (Wildman–Crippen LogP) is 5.98. The Morgan fingerprint density at radius 2 is 1.90 bits per heavy atom. The van der Waals surface area contributed by atoms with Crippen LogP contribution in [0.1, 0.15) is 22.8 Å². The van der Waals surface area contributed by atoms with Crippen LogP contribution in [0.4, 0.5) is 11.4 Å². The summed E-state index contributed by atoms with van der Waals surface area (Å²) < 4.78 is 6.75. The van der Waals surface area contributed by atoms with Crippen molar-refractivity contribution < 1.29 is 14.1 Å². The monoisotopic (exact) mass is 465 g/mol. The van der Waals surface area contributed by atoms with Crippen molar-refractivity contribution in [1.82, 2.24) is 4.98 Å². The lowest BCUT2D eigenvalue weighted by atomic mass is 10.1. The van der Waals surface area contributed by atoms with E-state index in [1.807, 2.05) is 12.1 Å². The van der Waals surface area contributed by atoms with Gasteiger partial charge in [-0.15, -0.1) is 0 Å². The molecule has 0 saturated heterocycles. The Morgan fingerprint density at radius 1 is 1.17 bits per heavy atom. The van der Waals surface area contributed by atoms with Gasteiger partial charge in [0.25, 0.3) is 11.6 Å². The highest BCUT2D eigenvalue weighted by molar-refractivity contribution is 9.10. The van der Waals surface area contributed by atoms with Crippen LogP contribution < -0.4 is 5.32 Å². The van der Waals surface area contributed by atoms with E-state index in [-0.39, 0.29) is 11.3 Å². The van der Waals surface area contributed by atoms with Gasteiger partial charge in [-0.2, -0.15) is 0 Å². The van der Waals surface area contributed by atoms with Gasteiger partial charge in [-0.3, -0.25) is 14.9 Å². The minimum atomic E-state index is -0.576. The number of hydrogen-bond acceptors (Lipinski definition) is 5. The molecule has 4 rings (SSSR count). The molecule has 1 aromatic heterocycles. The quantitative estimate of drug-likeness (QED) is 0.288. The number of hydrogen-bond donors (Lipinski definition) is 1. The van der Waals surface area contributed by atoms with E-state index in [2.05, 4.69) is 33.2 Å². The van der Waals surface area contributed by atoms with E-state index in [0.29, 0.717) is 17.2 Å². The van der Waals surface area contributed by atoms with Crippen molar-refractivity contribution >= 4 is 44.3 Å². The van der Waals surface area contributed by atoms with Gasteiger partial charge in [0.05, 0.1) is 9.40 Å². The van der Waals surface area contributed by atoms with Crippen molar-refractivity contribution in [2.45, 2.75) is 13.3 Å². The van der Waals surface area contributed by atoms with Crippen LogP contribution in [0.15, 0.2) is 69.6 Å². The third kappa shape index (κ3) is 3.81. The van der Waals surface area contributed by atoms with Crippen LogP contribution in [-0.2, 0) is 6.42 Å². The number of nitro groups is 1. The smallest absolute Gasteiger partial charge is 0.282 e. The molecule has 0 saturated carbocycles. The molecular weight excluding hydrogens is 450 g/mol. The standard InChI is InChI=1S/C22H16BrN3O4/c1-2-13-11-17(23)20-18(12-13)25-22(30-20)14-7-9-15(10-8-14)24-21(27)16-5-3-4-6-19(16)26(28)29/h3-12H,2H2,1H3,(H,24,27). The third-order valence-corrected chi connectivity index (χ3v) is 5.24. The molecule has 1 N–H and O–H groups in total. The molecule has 0 aliphatic heterocycles. The second-order valence-corrected chi connectivity index (χ2v) is 7.46. The first-order chi connectivity index (χ1) is 14.5. The molecule has 0 aliphatic rings. The maximum atomic E-state index is 12.5. The topological polar surface area (TPSA) is 98.3 Å². The van der Waals surface area contributed by atoms with Crippen LogP contribution >= 0.6 is 15.9 Å². The Kier molecular flexibility index (Phi) is 5.33. The van der Waals surface area contributed by atoms with Crippen molar-refractivity contribution in [2.75, 3.05) is 5.32 Å². The number of nitro benzene ring substituents is 1. The molecule has 150 valence electrons. The molecule has 0 atom stereocenters. The number of amides is 1. The van der Waals surface area contributed by atoms with E-state index >= 15 is 0 Å². The number of rotatable bonds is 5. The van der Waals surface area contributed by atoms with Gasteiger partial charge >= 0.3 is 0 Å². The largest absolute Gasteiger partial charge is 0.435 e. The van der Waals surface area contributed by atoms with E-state index in [0.717, 1.165) is 27.5 Å². The van der Waals surface area contributed by atoms with Crippen molar-refractivity contribution in [3.63, 3.8) is 0 Å². The van der Waals surface area contributed by atoms with Gasteiger partial charge in [-0.05, 0) is 70.4 Å². The Hall–Kier alpha value is -3.52. The zero-order chi connectivity index (χ0) is 21.3. The number of carbonyl (C=O) groups is 1. The van der Waals surface area contributed by atoms with Gasteiger partial charge in [0.15, 0.2) is 5.58 Å². The molecule has 3 aromatic carbocycles. The van der Waals surface area contributed by atoms with Crippen molar-refractivity contribution in [2.24, 2.45) is 0 Å². The Balaban J connectivity index is 1.58. The fourth-order valence-corrected chi connectivity index (χ4v) is 3.67. The Bertz CT molecular complexity index is 1270. The number of para-hydroxylation sites is 1. The number of halogens is 1. The molecule has 0 fully saturated rings. The van der Waals surface area contributed by atoms with Crippen LogP contribution in [0.5, 0.6) is 0 Å². The molecule has 0 aliphatic carbocycles. The summed E-state index contributed by atoms with van der Waals surface area (Å²) in [6, 6.07) is 16.8. The first-order valence-corrected chi connectivity index (χ1v) is 9.99. The molecule has 0 spiro atoms. The average molecular weight is 466 g/mol. The van der Waals surface area contributed by atoms with Crippen LogP contribution in [0, 0.1) is 10.1 Å². The van der Waals surface area contributed by atoms with Gasteiger partial charge in [-0.25, -0.2) is 4.98 Å². The number of benzene rings is 3. The Morgan fingerprint density at radius 3 is 2.60 bits per heavy atom. The minimum absolute atomic E-state index is 0.00195. The number of anilines is 1. The van der Waals surface area contributed by atoms with Gasteiger partial charge in [0.1, 0.15) is 11.1 Å². The highest BCUT2D eigenvalue weighted by atomic mass is 79.9. The van der Waals surface area contributed by atoms with E-state index in [1.165, 1.54) is 18.2 Å². The molecule has 8 heteroatoms. The van der Waals surface area contributed by atoms with E-state index in [9.17, 15) is 14.9 Å². The summed E-state index contributed by atoms with van der Waals surface area (Å²) in [5.41, 5.74) is 3.62. The summed E-state index contributed by atoms with van der Waals surface area (Å²) in [4.78, 5) is 27.6. The number of aromatic nitrogens is 1. The summed E-state index contributed by atoms with van der Waals surface area (Å²) in [7, 11) is 0. The summed E-state index contributed by atoms with van der Waals surface area (Å²) >= 11 is 3.52. The first-order valence-electron chi connectivity index (χ1n) is 9.20. The van der Waals surface area contributed by atoms with Crippen molar-refractivity contribution in [1.29, 1.82) is 0 Å². The zero-order valence-electron chi connectivity index (χ0n) is 15.9. The maximum Gasteiger partial charge on any atom is 0.282 e. The third-order valence-electron chi connectivity index (χ3n) is 4.65. The molecule has 30 heavy (non-hydrogen) atoms. The minimum Gasteiger partial charge on any atom is -0.435 e. The molecular formula is C22H16BrN3O4. The maximum absolute atomic E-state index is 12.5. The van der Waals surface area contributed by atoms with Crippen molar-refractivity contribution in [3.05, 3.63) is 86.4 Å². The Labute approximate surface area is 180 Å². The SMILES string of the molecule is CCc1cc(Br)c2oc(-c3ccc(NC(=O)c4ccccc4[N+](=O)[O-])cc3)nc2c1. The highest BCUT2D eigenvalue weighted by Crippen LogP contribution is 2.31. The highest BCUT2D eigenvalue weighted by Gasteiger charge is 2.19. The molecule has 1 heterocycles. The lowest BCUT2D eigenvalue weighted by Gasteiger charge is -2.06. The summed E-state index contributed by atoms with van der Waals surface area (Å²) in [5, 5.41) is 13.8. The molecule has 0 radical (unpaired) electrons. The number of oxazole rings is 1. The second-order valence-electron chi connectivity index (χ2n) is 6.60. The molecule has 0 unspecified atom stereocenters. The number of carbonyl (C=O) groups excluding carboxylic acids is 1. The number of fused-ring (bicyclic) bond motifs is 1. The second kappa shape index (κ2) is 8.08. The van der Waals surface area contributed by atoms with Crippen molar-refractivity contribution in [3.8, 4) is 11.5 Å². The van der Waals surface area contributed by atoms with Gasteiger partial charge in [0.2, 0.25) is 5.89 Å². The van der Waals surface area contributed by atoms with Crippen LogP contribution in [-0.4, -0.2) is 15.8 Å². The van der Waals surface area contributed by atoms with E-state index in [1.54, 1.807) is 30.3 Å².